The van der Waals surface area contributed by atoms with E-state index in [1.165, 1.54) is 80.6 Å². The zero-order valence-corrected chi connectivity index (χ0v) is 63.1. The predicted octanol–water partition coefficient (Wildman–Crippen LogP) is 8.44. The van der Waals surface area contributed by atoms with E-state index >= 15 is 0 Å². The lowest BCUT2D eigenvalue weighted by atomic mass is 9.70. The van der Waals surface area contributed by atoms with Crippen molar-refractivity contribution in [2.75, 3.05) is 174 Å². The summed E-state index contributed by atoms with van der Waals surface area (Å²) in [5, 5.41) is 19.3. The van der Waals surface area contributed by atoms with Gasteiger partial charge in [-0.3, -0.25) is 9.59 Å². The number of nitrogens with zero attached hydrogens (tertiary/aromatic N) is 4. The highest BCUT2D eigenvalue weighted by molar-refractivity contribution is 6.17. The molecular formula is C78H110Cl2N4O18. The number of carbonyl (C=O) groups is 6. The van der Waals surface area contributed by atoms with E-state index in [0.717, 1.165) is 75.7 Å². The van der Waals surface area contributed by atoms with Crippen LogP contribution in [0.4, 0.5) is 19.2 Å². The normalized spacial score (nSPS) is 16.4. The van der Waals surface area contributed by atoms with Gasteiger partial charge in [0.15, 0.2) is 0 Å². The van der Waals surface area contributed by atoms with Gasteiger partial charge in [0.2, 0.25) is 0 Å². The summed E-state index contributed by atoms with van der Waals surface area (Å²) in [5.41, 5.74) is 13.6. The maximum atomic E-state index is 12.6. The van der Waals surface area contributed by atoms with E-state index in [4.69, 9.17) is 59.0 Å². The van der Waals surface area contributed by atoms with Gasteiger partial charge < -0.3 is 89.2 Å². The zero-order valence-electron chi connectivity index (χ0n) is 61.6. The Bertz CT molecular complexity index is 3340. The summed E-state index contributed by atoms with van der Waals surface area (Å²) < 4.78 is 51.6. The third-order valence-electron chi connectivity index (χ3n) is 18.1. The lowest BCUT2D eigenvalue weighted by molar-refractivity contribution is -0.890. The number of rotatable bonds is 39. The average Bonchev–Trinajstić information content (AvgIpc) is 0.750. The topological polar surface area (TPSA) is 245 Å². The minimum Gasteiger partial charge on any atom is -1.00 e. The maximum Gasteiger partial charge on any atom is 0.508 e. The number of likely N-dealkylation sites (N-methyl/N-ethyl adjacent to an activating group) is 4. The van der Waals surface area contributed by atoms with E-state index in [1.807, 2.05) is 14.1 Å². The van der Waals surface area contributed by atoms with Gasteiger partial charge in [0.05, 0.1) is 93.3 Å². The van der Waals surface area contributed by atoms with Crippen molar-refractivity contribution in [3.05, 3.63) is 152 Å². The third kappa shape index (κ3) is 27.4. The molecule has 0 fully saturated rings. The monoisotopic (exact) mass is 1460 g/mol. The van der Waals surface area contributed by atoms with E-state index in [2.05, 4.69) is 154 Å². The molecule has 2 aromatic carbocycles. The van der Waals surface area contributed by atoms with Crippen molar-refractivity contribution in [2.24, 2.45) is 10.8 Å². The average molecular weight is 1460 g/mol. The van der Waals surface area contributed by atoms with Crippen molar-refractivity contribution in [1.29, 1.82) is 0 Å². The number of carbonyl (C=O) groups excluding carboxylic acids is 6. The number of halogens is 2. The lowest BCUT2D eigenvalue weighted by Crippen LogP contribution is -3.00. The molecule has 2 aromatic rings. The summed E-state index contributed by atoms with van der Waals surface area (Å²) >= 11 is 5.55. The molecule has 8 rings (SSSR count). The van der Waals surface area contributed by atoms with E-state index in [9.17, 15) is 39.0 Å². The number of hydrogen-bond acceptors (Lipinski definition) is 21. The van der Waals surface area contributed by atoms with Crippen molar-refractivity contribution in [3.8, 4) is 0 Å². The van der Waals surface area contributed by atoms with Crippen LogP contribution >= 0.6 is 11.6 Å². The molecule has 6 aliphatic carbocycles. The molecule has 4 unspecified atom stereocenters. The Hall–Kier alpha value is -7.28. The number of allylic oxidation sites excluding steroid dienone is 14. The van der Waals surface area contributed by atoms with E-state index in [-0.39, 0.29) is 78.1 Å². The number of quaternary nitrogens is 1. The van der Waals surface area contributed by atoms with Gasteiger partial charge in [0, 0.05) is 56.6 Å². The SMILES string of the molecule is CC(CO)(COC(=O)OCCCOC(=O)OCCCCc1ccc2c3c1C=CC1=CC=CC(=CC2)C13)C(=O)OCCCCl.CN(C)CCN(C)C.CN(C)CC[N+](C)(C)CCCOC(=O)C(C)(CO)COC(=O)OCCCOC(=O)OCCCCc1ccc2c3c1C=CC1=CC=CC(=CC2)C13.[Cl-]. The molecule has 0 heterocycles. The summed E-state index contributed by atoms with van der Waals surface area (Å²) in [7, 11) is 16.7. The van der Waals surface area contributed by atoms with Crippen LogP contribution in [-0.4, -0.2) is 240 Å². The molecule has 22 nitrogen and oxygen atoms in total. The molecule has 0 saturated carbocycles. The molecule has 102 heavy (non-hydrogen) atoms. The number of aliphatic hydroxyl groups is 2. The molecule has 4 atom stereocenters. The highest BCUT2D eigenvalue weighted by atomic mass is 35.5. The summed E-state index contributed by atoms with van der Waals surface area (Å²) in [6, 6.07) is 8.96. The number of benzene rings is 2. The maximum absolute atomic E-state index is 12.6. The van der Waals surface area contributed by atoms with E-state index in [0.29, 0.717) is 43.4 Å². The zero-order chi connectivity index (χ0) is 73.4. The second-order valence-corrected chi connectivity index (χ2v) is 28.4. The van der Waals surface area contributed by atoms with Crippen LogP contribution in [0.15, 0.2) is 107 Å². The fourth-order valence-electron chi connectivity index (χ4n) is 11.8. The molecule has 0 spiro atoms. The van der Waals surface area contributed by atoms with Gasteiger partial charge in [0.25, 0.3) is 0 Å². The van der Waals surface area contributed by atoms with Gasteiger partial charge in [-0.25, -0.2) is 19.2 Å². The van der Waals surface area contributed by atoms with Gasteiger partial charge in [-0.15, -0.1) is 11.6 Å². The van der Waals surface area contributed by atoms with Crippen LogP contribution in [0.5, 0.6) is 0 Å². The first-order valence-electron chi connectivity index (χ1n) is 35.3. The van der Waals surface area contributed by atoms with Crippen molar-refractivity contribution < 1.29 is 103 Å². The molecule has 564 valence electrons. The molecular weight excluding hydrogens is 1350 g/mol. The Balaban J connectivity index is 0.000000331. The number of aryl methyl sites for hydroxylation is 2. The number of aliphatic hydroxyl groups excluding tert-OH is 2. The van der Waals surface area contributed by atoms with Crippen LogP contribution in [0, 0.1) is 10.8 Å². The quantitative estimate of drug-likeness (QED) is 0.0210. The largest absolute Gasteiger partial charge is 1.00 e. The summed E-state index contributed by atoms with van der Waals surface area (Å²) in [5.74, 6) is -0.334. The Labute approximate surface area is 614 Å². The molecule has 0 saturated heterocycles. The van der Waals surface area contributed by atoms with Crippen LogP contribution in [0.3, 0.4) is 0 Å². The standard InChI is InChI=1S/C39H55N2O9.C33H39ClO9.C6H16N2.ClH/c1-39(27-42,36(43)46-24-9-21-41(4,5)22-20-40(2)3)28-50-38(45)49-26-10-25-48-37(44)47-23-7-6-11-29-14-15-32-17-16-30-12-8-13-31-18-19-33(29)35(32)34(30)31;1-33(21-35,30(36)39-18-5-16-34)22-43-32(38)42-20-6-19-41-31(37)40-17-3-2-7-23-10-11-26-13-12-24-8-4-9-25-14-15-27(23)29(26)28(24)25;1-7(2)5-6-8(3)4;/h8,12-16,18-19,34,42H,6-7,9-11,17,20-28H2,1-5H3;4,8-12,14-15,28,35H,2-3,5-7,13,16-22H2,1H3;5-6H2,1-4H3;1H/q+1;;;/p-1. The predicted molar refractivity (Wildman–Crippen MR) is 389 cm³/mol. The second kappa shape index (κ2) is 43.7. The first kappa shape index (κ1) is 85.4. The molecule has 0 aliphatic heterocycles. The molecule has 6 aliphatic rings. The lowest BCUT2D eigenvalue weighted by Gasteiger charge is -2.34. The van der Waals surface area contributed by atoms with Crippen LogP contribution in [0.2, 0.25) is 0 Å². The molecule has 2 N–H and O–H groups in total. The van der Waals surface area contributed by atoms with E-state index in [1.54, 1.807) is 0 Å². The number of ether oxygens (including phenoxy) is 10. The number of hydrogen-bond donors (Lipinski definition) is 2. The minimum atomic E-state index is -1.41. The third-order valence-corrected chi connectivity index (χ3v) is 18.3. The number of unbranched alkanes of at least 4 members (excludes halogenated alkanes) is 2. The van der Waals surface area contributed by atoms with Crippen molar-refractivity contribution in [1.82, 2.24) is 14.7 Å². The van der Waals surface area contributed by atoms with Crippen LogP contribution in [0.25, 0.3) is 12.2 Å². The number of alkyl halides is 1. The van der Waals surface area contributed by atoms with Gasteiger partial charge in [-0.2, -0.15) is 0 Å². The molecule has 0 bridgehead atoms. The van der Waals surface area contributed by atoms with Crippen LogP contribution < -0.4 is 12.4 Å². The smallest absolute Gasteiger partial charge is 0.508 e. The van der Waals surface area contributed by atoms with E-state index < -0.39 is 73.8 Å². The summed E-state index contributed by atoms with van der Waals surface area (Å²) in [6.45, 7) is 6.69. The van der Waals surface area contributed by atoms with Crippen molar-refractivity contribution in [3.63, 3.8) is 0 Å². The van der Waals surface area contributed by atoms with Crippen molar-refractivity contribution >= 4 is 60.3 Å². The fraction of sp³-hybridized carbons (Fsp3) is 0.564. The minimum absolute atomic E-state index is 0. The molecule has 0 amide bonds. The second-order valence-electron chi connectivity index (χ2n) is 28.0. The highest BCUT2D eigenvalue weighted by Gasteiger charge is 2.39. The Morgan fingerprint density at radius 1 is 0.461 bits per heavy atom. The molecule has 0 radical (unpaired) electrons. The fourth-order valence-corrected chi connectivity index (χ4v) is 11.9. The Morgan fingerprint density at radius 2 is 0.833 bits per heavy atom. The molecule has 0 aromatic heterocycles. The Morgan fingerprint density at radius 3 is 1.22 bits per heavy atom. The van der Waals surface area contributed by atoms with Gasteiger partial charge in [-0.1, -0.05) is 97.2 Å². The number of esters is 2. The van der Waals surface area contributed by atoms with Gasteiger partial charge in [-0.05, 0) is 181 Å². The van der Waals surface area contributed by atoms with Crippen molar-refractivity contribution in [2.45, 2.75) is 103 Å². The molecule has 24 heteroatoms. The van der Waals surface area contributed by atoms with Crippen LogP contribution in [-0.2, 0) is 82.6 Å². The van der Waals surface area contributed by atoms with Gasteiger partial charge in [0.1, 0.15) is 24.0 Å². The first-order chi connectivity index (χ1) is 48.4. The summed E-state index contributed by atoms with van der Waals surface area (Å²) in [6.07, 6.45) is 31.7. The van der Waals surface area contributed by atoms with Crippen LogP contribution in [0.1, 0.15) is 122 Å². The van der Waals surface area contributed by atoms with Gasteiger partial charge >= 0.3 is 36.6 Å². The first-order valence-corrected chi connectivity index (χ1v) is 35.8. The Kier molecular flexibility index (Phi) is 36.6. The summed E-state index contributed by atoms with van der Waals surface area (Å²) in [4.78, 5) is 79.0. The highest BCUT2D eigenvalue weighted by Crippen LogP contribution is 2.48.